The van der Waals surface area contributed by atoms with Crippen molar-refractivity contribution in [3.8, 4) is 11.3 Å². The zero-order valence-corrected chi connectivity index (χ0v) is 7.78. The molecular formula is C9H11N5. The Hall–Kier alpha value is -2.04. The Kier molecular flexibility index (Phi) is 2.06. The third-order valence-corrected chi connectivity index (χ3v) is 2.03. The van der Waals surface area contributed by atoms with E-state index in [1.54, 1.807) is 6.20 Å². The van der Waals surface area contributed by atoms with Gasteiger partial charge in [0.1, 0.15) is 5.69 Å². The van der Waals surface area contributed by atoms with Gasteiger partial charge in [0.05, 0.1) is 17.6 Å². The predicted octanol–water partition coefficient (Wildman–Crippen LogP) is 1.10. The molecule has 14 heavy (non-hydrogen) atoms. The minimum absolute atomic E-state index is 0.722. The van der Waals surface area contributed by atoms with Crippen LogP contribution >= 0.6 is 0 Å². The Morgan fingerprint density at radius 1 is 1.43 bits per heavy atom. The largest absolute Gasteiger partial charge is 0.397 e. The van der Waals surface area contributed by atoms with Gasteiger partial charge in [0, 0.05) is 12.6 Å². The van der Waals surface area contributed by atoms with Crippen LogP contribution < -0.4 is 11.1 Å². The van der Waals surface area contributed by atoms with Crippen LogP contribution in [0.4, 0.5) is 11.4 Å². The molecule has 0 fully saturated rings. The lowest BCUT2D eigenvalue weighted by atomic mass is 10.1. The van der Waals surface area contributed by atoms with Crippen LogP contribution in [0.3, 0.4) is 0 Å². The molecule has 0 aliphatic carbocycles. The Bertz CT molecular complexity index is 421. The zero-order valence-electron chi connectivity index (χ0n) is 7.78. The molecule has 1 aromatic heterocycles. The second kappa shape index (κ2) is 3.37. The van der Waals surface area contributed by atoms with E-state index in [4.69, 9.17) is 5.73 Å². The van der Waals surface area contributed by atoms with E-state index >= 15 is 0 Å². The predicted molar refractivity (Wildman–Crippen MR) is 55.8 cm³/mol. The smallest absolute Gasteiger partial charge is 0.112 e. The van der Waals surface area contributed by atoms with Crippen molar-refractivity contribution < 1.29 is 0 Å². The highest BCUT2D eigenvalue weighted by Gasteiger charge is 2.03. The summed E-state index contributed by atoms with van der Waals surface area (Å²) >= 11 is 0. The summed E-state index contributed by atoms with van der Waals surface area (Å²) in [5, 5.41) is 13.3. The van der Waals surface area contributed by atoms with Crippen molar-refractivity contribution in [3.05, 3.63) is 24.4 Å². The molecule has 0 atom stereocenters. The highest BCUT2D eigenvalue weighted by molar-refractivity contribution is 5.74. The third kappa shape index (κ3) is 1.39. The first-order valence-corrected chi connectivity index (χ1v) is 4.24. The average Bonchev–Trinajstić information content (AvgIpc) is 2.71. The molecule has 0 saturated carbocycles. The van der Waals surface area contributed by atoms with Gasteiger partial charge in [-0.1, -0.05) is 6.07 Å². The fraction of sp³-hybridized carbons (Fsp3) is 0.111. The van der Waals surface area contributed by atoms with E-state index in [9.17, 15) is 0 Å². The molecule has 0 aliphatic rings. The number of nitrogens with one attached hydrogen (secondary N) is 2. The molecule has 1 aromatic carbocycles. The summed E-state index contributed by atoms with van der Waals surface area (Å²) in [4.78, 5) is 0. The van der Waals surface area contributed by atoms with Gasteiger partial charge in [-0.2, -0.15) is 15.4 Å². The number of hydrogen-bond acceptors (Lipinski definition) is 4. The number of hydrogen-bond donors (Lipinski definition) is 3. The van der Waals surface area contributed by atoms with E-state index in [-0.39, 0.29) is 0 Å². The van der Waals surface area contributed by atoms with Crippen LogP contribution in [0.5, 0.6) is 0 Å². The van der Waals surface area contributed by atoms with E-state index in [1.165, 1.54) is 0 Å². The summed E-state index contributed by atoms with van der Waals surface area (Å²) in [6, 6.07) is 5.69. The van der Waals surface area contributed by atoms with E-state index < -0.39 is 0 Å². The Labute approximate surface area is 81.3 Å². The molecule has 0 saturated heterocycles. The molecule has 2 aromatic rings. The topological polar surface area (TPSA) is 79.6 Å². The quantitative estimate of drug-likeness (QED) is 0.618. The fourth-order valence-electron chi connectivity index (χ4n) is 1.27. The van der Waals surface area contributed by atoms with Gasteiger partial charge in [-0.25, -0.2) is 0 Å². The molecule has 72 valence electrons. The monoisotopic (exact) mass is 189 g/mol. The molecule has 0 aliphatic heterocycles. The molecule has 0 amide bonds. The number of nitrogens with two attached hydrogens (primary N) is 1. The molecule has 0 radical (unpaired) electrons. The number of nitrogen functional groups attached to an aromatic ring is 1. The minimum Gasteiger partial charge on any atom is -0.397 e. The number of H-pyrrole nitrogens is 1. The van der Waals surface area contributed by atoms with Crippen LogP contribution in [0, 0.1) is 0 Å². The van der Waals surface area contributed by atoms with Gasteiger partial charge in [-0.05, 0) is 12.1 Å². The number of anilines is 2. The molecule has 0 bridgehead atoms. The fourth-order valence-corrected chi connectivity index (χ4v) is 1.27. The Morgan fingerprint density at radius 3 is 2.93 bits per heavy atom. The average molecular weight is 189 g/mol. The number of aromatic amines is 1. The lowest BCUT2D eigenvalue weighted by Gasteiger charge is -2.05. The highest BCUT2D eigenvalue weighted by atomic mass is 15.3. The lowest BCUT2D eigenvalue weighted by Crippen LogP contribution is -1.95. The third-order valence-electron chi connectivity index (χ3n) is 2.03. The van der Waals surface area contributed by atoms with Gasteiger partial charge in [-0.3, -0.25) is 0 Å². The van der Waals surface area contributed by atoms with Gasteiger partial charge in [0.2, 0.25) is 0 Å². The van der Waals surface area contributed by atoms with Crippen LogP contribution in [0.15, 0.2) is 24.4 Å². The second-order valence-corrected chi connectivity index (χ2v) is 2.91. The van der Waals surface area contributed by atoms with Gasteiger partial charge >= 0.3 is 0 Å². The van der Waals surface area contributed by atoms with Crippen LogP contribution in [0.25, 0.3) is 11.3 Å². The highest BCUT2D eigenvalue weighted by Crippen LogP contribution is 2.24. The number of aromatic nitrogens is 3. The standard InChI is InChI=1S/C9H11N5/c1-11-8-4-6(2-3-7(8)10)9-5-12-14-13-9/h2-5,11H,10H2,1H3,(H,12,13,14). The van der Waals surface area contributed by atoms with Gasteiger partial charge in [-0.15, -0.1) is 0 Å². The zero-order chi connectivity index (χ0) is 9.97. The van der Waals surface area contributed by atoms with Gasteiger partial charge in [0.25, 0.3) is 0 Å². The van der Waals surface area contributed by atoms with Crippen molar-refractivity contribution in [2.24, 2.45) is 0 Å². The van der Waals surface area contributed by atoms with Crippen molar-refractivity contribution in [2.45, 2.75) is 0 Å². The van der Waals surface area contributed by atoms with Gasteiger partial charge in [0.15, 0.2) is 0 Å². The number of benzene rings is 1. The van der Waals surface area contributed by atoms with Gasteiger partial charge < -0.3 is 11.1 Å². The normalized spacial score (nSPS) is 10.1. The maximum Gasteiger partial charge on any atom is 0.112 e. The lowest BCUT2D eigenvalue weighted by molar-refractivity contribution is 0.942. The van der Waals surface area contributed by atoms with Crippen molar-refractivity contribution in [3.63, 3.8) is 0 Å². The van der Waals surface area contributed by atoms with Crippen molar-refractivity contribution >= 4 is 11.4 Å². The summed E-state index contributed by atoms with van der Waals surface area (Å²) < 4.78 is 0. The van der Waals surface area contributed by atoms with E-state index in [0.717, 1.165) is 22.6 Å². The molecule has 4 N–H and O–H groups in total. The molecule has 0 spiro atoms. The van der Waals surface area contributed by atoms with E-state index in [1.807, 2.05) is 25.2 Å². The molecular weight excluding hydrogens is 178 g/mol. The van der Waals surface area contributed by atoms with Crippen LogP contribution in [0.2, 0.25) is 0 Å². The summed E-state index contributed by atoms with van der Waals surface area (Å²) in [7, 11) is 1.83. The first-order valence-electron chi connectivity index (χ1n) is 4.24. The first-order chi connectivity index (χ1) is 6.81. The van der Waals surface area contributed by atoms with E-state index in [2.05, 4.69) is 20.7 Å². The SMILES string of the molecule is CNc1cc(-c2cn[nH]n2)ccc1N. The van der Waals surface area contributed by atoms with Crippen molar-refractivity contribution in [1.29, 1.82) is 0 Å². The second-order valence-electron chi connectivity index (χ2n) is 2.91. The maximum absolute atomic E-state index is 5.75. The van der Waals surface area contributed by atoms with Crippen molar-refractivity contribution in [1.82, 2.24) is 15.4 Å². The summed E-state index contributed by atoms with van der Waals surface area (Å²) in [5.41, 5.74) is 9.15. The minimum atomic E-state index is 0.722. The van der Waals surface area contributed by atoms with Crippen LogP contribution in [0.1, 0.15) is 0 Å². The molecule has 2 rings (SSSR count). The number of nitrogens with zero attached hydrogens (tertiary/aromatic N) is 2. The number of rotatable bonds is 2. The van der Waals surface area contributed by atoms with Crippen LogP contribution in [-0.2, 0) is 0 Å². The first kappa shape index (κ1) is 8.55. The Balaban J connectivity index is 2.46. The van der Waals surface area contributed by atoms with E-state index in [0.29, 0.717) is 0 Å². The summed E-state index contributed by atoms with van der Waals surface area (Å²) in [6.07, 6.45) is 1.67. The molecule has 5 nitrogen and oxygen atoms in total. The maximum atomic E-state index is 5.75. The Morgan fingerprint density at radius 2 is 2.29 bits per heavy atom. The van der Waals surface area contributed by atoms with Crippen molar-refractivity contribution in [2.75, 3.05) is 18.1 Å². The summed E-state index contributed by atoms with van der Waals surface area (Å²) in [6.45, 7) is 0. The molecule has 1 heterocycles. The van der Waals surface area contributed by atoms with Crippen LogP contribution in [-0.4, -0.2) is 22.5 Å². The molecule has 5 heteroatoms. The molecule has 0 unspecified atom stereocenters. The summed E-state index contributed by atoms with van der Waals surface area (Å²) in [5.74, 6) is 0.